The predicted octanol–water partition coefficient (Wildman–Crippen LogP) is 2.31. The summed E-state index contributed by atoms with van der Waals surface area (Å²) >= 11 is 1.19. The average molecular weight is 548 g/mol. The van der Waals surface area contributed by atoms with Gasteiger partial charge in [0.25, 0.3) is 5.91 Å². The number of fused-ring (bicyclic) bond motifs is 1. The zero-order chi connectivity index (χ0) is 26.4. The lowest BCUT2D eigenvalue weighted by Gasteiger charge is -2.09. The van der Waals surface area contributed by atoms with Crippen LogP contribution in [0.2, 0.25) is 0 Å². The molecule has 0 saturated heterocycles. The Bertz CT molecular complexity index is 1370. The Kier molecular flexibility index (Phi) is 8.69. The second kappa shape index (κ2) is 11.9. The molecule has 4 rings (SSSR count). The Hall–Kier alpha value is -3.13. The van der Waals surface area contributed by atoms with Gasteiger partial charge in [-0.25, -0.2) is 18.4 Å². The smallest absolute Gasteiger partial charge is 0.280 e. The van der Waals surface area contributed by atoms with Gasteiger partial charge < -0.3 is 19.6 Å². The molecule has 0 unspecified atom stereocenters. The lowest BCUT2D eigenvalue weighted by Crippen LogP contribution is -2.24. The van der Waals surface area contributed by atoms with Gasteiger partial charge in [0.2, 0.25) is 5.88 Å². The Morgan fingerprint density at radius 2 is 1.92 bits per heavy atom. The summed E-state index contributed by atoms with van der Waals surface area (Å²) in [6, 6.07) is 9.49. The second-order valence-corrected chi connectivity index (χ2v) is 11.9. The Labute approximate surface area is 219 Å². The standard InChI is InChI=1S/C24H29N5O6S2/c1-29(2)12-15-34-20-11-10-19-23(26-20)36-24(25-19)27-22(31)21(28-35-14-3-13-30)16-4-6-17(7-5-16)37(32,33)18-8-9-18/h4-7,10-11,18,30H,3,8-9,12-15H2,1-2H3,(H,25,27,31). The first-order valence-corrected chi connectivity index (χ1v) is 14.2. The van der Waals surface area contributed by atoms with E-state index in [0.29, 0.717) is 52.8 Å². The third-order valence-electron chi connectivity index (χ3n) is 5.42. The highest BCUT2D eigenvalue weighted by Gasteiger charge is 2.36. The zero-order valence-corrected chi connectivity index (χ0v) is 22.2. The SMILES string of the molecule is CN(C)CCOc1ccc2nc(NC(=O)C(=NOCCCO)c3ccc(S(=O)(=O)C4CC4)cc3)sc2n1. The van der Waals surface area contributed by atoms with Crippen LogP contribution in [-0.2, 0) is 19.5 Å². The van der Waals surface area contributed by atoms with E-state index in [4.69, 9.17) is 14.7 Å². The third kappa shape index (κ3) is 7.01. The van der Waals surface area contributed by atoms with Crippen molar-refractivity contribution in [3.05, 3.63) is 42.0 Å². The maximum atomic E-state index is 13.2. The topological polar surface area (TPSA) is 143 Å². The van der Waals surface area contributed by atoms with Gasteiger partial charge in [-0.3, -0.25) is 10.1 Å². The number of pyridine rings is 1. The molecule has 1 saturated carbocycles. The normalized spacial score (nSPS) is 14.2. The van der Waals surface area contributed by atoms with Gasteiger partial charge in [0.05, 0.1) is 10.1 Å². The molecule has 2 heterocycles. The van der Waals surface area contributed by atoms with Gasteiger partial charge in [0.1, 0.15) is 23.6 Å². The molecule has 0 radical (unpaired) electrons. The first-order valence-electron chi connectivity index (χ1n) is 11.8. The average Bonchev–Trinajstić information content (AvgIpc) is 3.65. The number of nitrogens with zero attached hydrogens (tertiary/aromatic N) is 4. The molecule has 1 aliphatic rings. The van der Waals surface area contributed by atoms with Gasteiger partial charge in [-0.05, 0) is 45.1 Å². The van der Waals surface area contributed by atoms with Crippen LogP contribution in [0.25, 0.3) is 10.3 Å². The number of ether oxygens (including phenoxy) is 1. The molecule has 2 N–H and O–H groups in total. The van der Waals surface area contributed by atoms with Crippen LogP contribution >= 0.6 is 11.3 Å². The fraction of sp³-hybridized carbons (Fsp3) is 0.417. The molecule has 1 amide bonds. The highest BCUT2D eigenvalue weighted by atomic mass is 32.2. The Morgan fingerprint density at radius 3 is 2.59 bits per heavy atom. The lowest BCUT2D eigenvalue weighted by atomic mass is 10.1. The van der Waals surface area contributed by atoms with Crippen LogP contribution < -0.4 is 10.1 Å². The molecule has 11 nitrogen and oxygen atoms in total. The van der Waals surface area contributed by atoms with E-state index in [9.17, 15) is 13.2 Å². The van der Waals surface area contributed by atoms with E-state index in [1.807, 2.05) is 19.0 Å². The van der Waals surface area contributed by atoms with Crippen molar-refractivity contribution in [1.29, 1.82) is 0 Å². The third-order valence-corrected chi connectivity index (χ3v) is 8.58. The van der Waals surface area contributed by atoms with E-state index >= 15 is 0 Å². The van der Waals surface area contributed by atoms with E-state index < -0.39 is 15.7 Å². The van der Waals surface area contributed by atoms with Crippen molar-refractivity contribution in [3.8, 4) is 5.88 Å². The number of rotatable bonds is 13. The van der Waals surface area contributed by atoms with E-state index in [0.717, 1.165) is 6.54 Å². The summed E-state index contributed by atoms with van der Waals surface area (Å²) in [5.41, 5.74) is 0.938. The fourth-order valence-corrected chi connectivity index (χ4v) is 5.74. The number of thiazole rings is 1. The summed E-state index contributed by atoms with van der Waals surface area (Å²) < 4.78 is 30.7. The quantitative estimate of drug-likeness (QED) is 0.187. The summed E-state index contributed by atoms with van der Waals surface area (Å²) in [4.78, 5) is 30.1. The molecule has 198 valence electrons. The summed E-state index contributed by atoms with van der Waals surface area (Å²) in [5, 5.41) is 15.7. The van der Waals surface area contributed by atoms with Crippen molar-refractivity contribution in [1.82, 2.24) is 14.9 Å². The number of nitrogens with one attached hydrogen (secondary N) is 1. The van der Waals surface area contributed by atoms with Crippen molar-refractivity contribution in [2.45, 2.75) is 29.4 Å². The van der Waals surface area contributed by atoms with E-state index in [1.54, 1.807) is 12.1 Å². The number of hydrogen-bond donors (Lipinski definition) is 2. The van der Waals surface area contributed by atoms with Gasteiger partial charge in [-0.2, -0.15) is 0 Å². The minimum absolute atomic E-state index is 0.0479. The van der Waals surface area contributed by atoms with Gasteiger partial charge >= 0.3 is 0 Å². The van der Waals surface area contributed by atoms with Crippen LogP contribution in [-0.4, -0.2) is 85.7 Å². The predicted molar refractivity (Wildman–Crippen MR) is 141 cm³/mol. The molecular weight excluding hydrogens is 518 g/mol. The maximum Gasteiger partial charge on any atom is 0.280 e. The van der Waals surface area contributed by atoms with Crippen molar-refractivity contribution in [3.63, 3.8) is 0 Å². The largest absolute Gasteiger partial charge is 0.476 e. The highest BCUT2D eigenvalue weighted by Crippen LogP contribution is 2.33. The number of likely N-dealkylation sites (N-methyl/N-ethyl adjacent to an activating group) is 1. The molecule has 2 aromatic heterocycles. The molecule has 1 aliphatic carbocycles. The minimum atomic E-state index is -3.36. The molecule has 0 spiro atoms. The maximum absolute atomic E-state index is 13.2. The molecule has 1 aromatic carbocycles. The zero-order valence-electron chi connectivity index (χ0n) is 20.6. The fourth-order valence-electron chi connectivity index (χ4n) is 3.26. The number of aliphatic hydroxyl groups is 1. The van der Waals surface area contributed by atoms with Crippen molar-refractivity contribution in [2.24, 2.45) is 5.16 Å². The van der Waals surface area contributed by atoms with Crippen molar-refractivity contribution in [2.75, 3.05) is 45.8 Å². The van der Waals surface area contributed by atoms with Gasteiger partial charge in [-0.1, -0.05) is 28.6 Å². The molecule has 3 aromatic rings. The van der Waals surface area contributed by atoms with Crippen LogP contribution in [0.4, 0.5) is 5.13 Å². The van der Waals surface area contributed by atoms with Crippen LogP contribution in [0.3, 0.4) is 0 Å². The first kappa shape index (κ1) is 26.9. The number of carbonyl (C=O) groups is 1. The van der Waals surface area contributed by atoms with Crippen LogP contribution in [0.5, 0.6) is 5.88 Å². The molecule has 37 heavy (non-hydrogen) atoms. The van der Waals surface area contributed by atoms with Crippen LogP contribution in [0.1, 0.15) is 24.8 Å². The minimum Gasteiger partial charge on any atom is -0.476 e. The molecule has 1 fully saturated rings. The molecular formula is C24H29N5O6S2. The number of amides is 1. The van der Waals surface area contributed by atoms with Gasteiger partial charge in [-0.15, -0.1) is 0 Å². The summed E-state index contributed by atoms with van der Waals surface area (Å²) in [6.07, 6.45) is 1.68. The lowest BCUT2D eigenvalue weighted by molar-refractivity contribution is -0.110. The molecule has 13 heteroatoms. The van der Waals surface area contributed by atoms with Crippen molar-refractivity contribution < 1.29 is 27.9 Å². The number of benzene rings is 1. The first-order chi connectivity index (χ1) is 17.8. The molecule has 0 aliphatic heterocycles. The molecule has 0 atom stereocenters. The Morgan fingerprint density at radius 1 is 1.16 bits per heavy atom. The van der Waals surface area contributed by atoms with Gasteiger partial charge in [0, 0.05) is 31.2 Å². The number of aromatic nitrogens is 2. The number of oxime groups is 1. The summed E-state index contributed by atoms with van der Waals surface area (Å²) in [6.45, 7) is 1.28. The van der Waals surface area contributed by atoms with Crippen molar-refractivity contribution >= 4 is 48.3 Å². The summed E-state index contributed by atoms with van der Waals surface area (Å²) in [5.74, 6) is -0.111. The van der Waals surface area contributed by atoms with E-state index in [1.165, 1.54) is 35.6 Å². The van der Waals surface area contributed by atoms with Crippen LogP contribution in [0, 0.1) is 0 Å². The number of sulfone groups is 1. The number of carbonyl (C=O) groups excluding carboxylic acids is 1. The highest BCUT2D eigenvalue weighted by molar-refractivity contribution is 7.92. The van der Waals surface area contributed by atoms with E-state index in [-0.39, 0.29) is 29.1 Å². The number of hydrogen-bond acceptors (Lipinski definition) is 11. The number of aliphatic hydroxyl groups excluding tert-OH is 1. The van der Waals surface area contributed by atoms with Gasteiger partial charge in [0.15, 0.2) is 20.7 Å². The van der Waals surface area contributed by atoms with Crippen LogP contribution in [0.15, 0.2) is 46.4 Å². The van der Waals surface area contributed by atoms with E-state index in [2.05, 4.69) is 20.4 Å². The number of anilines is 1. The monoisotopic (exact) mass is 547 g/mol. The summed E-state index contributed by atoms with van der Waals surface area (Å²) in [7, 11) is 0.555. The second-order valence-electron chi connectivity index (χ2n) is 8.72. The molecule has 0 bridgehead atoms. The Balaban J connectivity index is 1.51.